The van der Waals surface area contributed by atoms with Gasteiger partial charge in [-0.3, -0.25) is 4.98 Å². The molecule has 8 heteroatoms. The molecule has 0 saturated heterocycles. The van der Waals surface area contributed by atoms with Gasteiger partial charge in [0.25, 0.3) is 0 Å². The van der Waals surface area contributed by atoms with Crippen molar-refractivity contribution >= 4 is 26.0 Å². The van der Waals surface area contributed by atoms with Crippen molar-refractivity contribution in [2.75, 3.05) is 0 Å². The fraction of sp³-hybridized carbons (Fsp3) is 0.167. The molecule has 0 aliphatic carbocycles. The molecular weight excluding hydrogens is 285 g/mol. The van der Waals surface area contributed by atoms with Crippen LogP contribution in [0.3, 0.4) is 0 Å². The van der Waals surface area contributed by atoms with Gasteiger partial charge < -0.3 is 9.66 Å². The molecule has 0 aromatic carbocycles. The van der Waals surface area contributed by atoms with Crippen LogP contribution in [0.25, 0.3) is 0 Å². The molecule has 1 N–H and O–H groups in total. The van der Waals surface area contributed by atoms with Crippen LogP contribution >= 0.6 is 15.9 Å². The summed E-state index contributed by atoms with van der Waals surface area (Å²) in [5.74, 6) is 0. The van der Waals surface area contributed by atoms with Gasteiger partial charge in [-0.15, -0.1) is 0 Å². The second-order valence-corrected chi connectivity index (χ2v) is 4.63. The molecule has 14 heavy (non-hydrogen) atoms. The molecule has 1 atom stereocenters. The average Bonchev–Trinajstić information content (AvgIpc) is 2.01. The van der Waals surface area contributed by atoms with Crippen LogP contribution in [0.5, 0.6) is 0 Å². The Morgan fingerprint density at radius 1 is 1.50 bits per heavy atom. The second kappa shape index (κ2) is 5.55. The first-order valence-corrected chi connectivity index (χ1v) is 5.41. The molecule has 0 aliphatic heterocycles. The van der Waals surface area contributed by atoms with E-state index >= 15 is 0 Å². The summed E-state index contributed by atoms with van der Waals surface area (Å²) in [5.41, 5.74) is -2.11. The molecule has 0 saturated carbocycles. The van der Waals surface area contributed by atoms with Crippen molar-refractivity contribution in [1.29, 1.82) is 0 Å². The summed E-state index contributed by atoms with van der Waals surface area (Å²) in [6.45, 7) is 0. The van der Waals surface area contributed by atoms with Crippen LogP contribution in [0.4, 0.5) is 0 Å². The fourth-order valence-electron chi connectivity index (χ4n) is 0.730. The van der Waals surface area contributed by atoms with Crippen molar-refractivity contribution < 1.29 is 47.6 Å². The Bertz CT molecular complexity index is 410. The van der Waals surface area contributed by atoms with E-state index in [1.807, 2.05) is 0 Å². The zero-order chi connectivity index (χ0) is 10.1. The summed E-state index contributed by atoms with van der Waals surface area (Å²) in [5, 5.41) is 9.02. The van der Waals surface area contributed by atoms with Crippen LogP contribution in [0.15, 0.2) is 22.9 Å². The fourth-order valence-corrected chi connectivity index (χ4v) is 1.57. The van der Waals surface area contributed by atoms with Gasteiger partial charge in [-0.1, -0.05) is 0 Å². The molecular formula is C6H5BrNNaO4S. The predicted octanol–water partition coefficient (Wildman–Crippen LogP) is -2.62. The number of hydrogen-bond donors (Lipinski definition) is 1. The zero-order valence-corrected chi connectivity index (χ0v) is 11.6. The van der Waals surface area contributed by atoms with E-state index < -0.39 is 15.6 Å². The average molecular weight is 290 g/mol. The number of hydrogen-bond acceptors (Lipinski definition) is 5. The van der Waals surface area contributed by atoms with Gasteiger partial charge in [-0.05, 0) is 22.0 Å². The van der Waals surface area contributed by atoms with Crippen LogP contribution in [-0.4, -0.2) is 23.1 Å². The Kier molecular flexibility index (Phi) is 5.75. The van der Waals surface area contributed by atoms with Crippen molar-refractivity contribution in [3.8, 4) is 0 Å². The van der Waals surface area contributed by atoms with Crippen molar-refractivity contribution in [3.05, 3.63) is 28.5 Å². The molecule has 0 aliphatic rings. The molecule has 1 aromatic heterocycles. The Balaban J connectivity index is 0.00000169. The smallest absolute Gasteiger partial charge is 0.746 e. The first-order valence-electron chi connectivity index (χ1n) is 3.14. The molecule has 0 spiro atoms. The van der Waals surface area contributed by atoms with E-state index in [2.05, 4.69) is 20.9 Å². The van der Waals surface area contributed by atoms with Crippen molar-refractivity contribution in [2.45, 2.75) is 5.44 Å². The summed E-state index contributed by atoms with van der Waals surface area (Å²) in [6.07, 6.45) is 2.53. The maximum Gasteiger partial charge on any atom is 1.00 e. The number of nitrogens with zero attached hydrogens (tertiary/aromatic N) is 1. The molecule has 1 aromatic rings. The van der Waals surface area contributed by atoms with Crippen molar-refractivity contribution in [2.24, 2.45) is 0 Å². The van der Waals surface area contributed by atoms with Gasteiger partial charge in [0.05, 0.1) is 0 Å². The van der Waals surface area contributed by atoms with Gasteiger partial charge in [0.15, 0.2) is 5.44 Å². The largest absolute Gasteiger partial charge is 1.00 e. The van der Waals surface area contributed by atoms with Gasteiger partial charge in [-0.2, -0.15) is 0 Å². The van der Waals surface area contributed by atoms with Crippen LogP contribution in [0, 0.1) is 0 Å². The molecule has 0 radical (unpaired) electrons. The summed E-state index contributed by atoms with van der Waals surface area (Å²) in [6, 6.07) is 1.31. The van der Waals surface area contributed by atoms with Gasteiger partial charge in [0, 0.05) is 22.4 Å². The van der Waals surface area contributed by atoms with Gasteiger partial charge in [-0.25, -0.2) is 8.42 Å². The molecule has 1 rings (SSSR count). The van der Waals surface area contributed by atoms with Gasteiger partial charge in [0.1, 0.15) is 10.1 Å². The Labute approximate surface area is 112 Å². The van der Waals surface area contributed by atoms with Crippen LogP contribution < -0.4 is 29.6 Å². The first-order chi connectivity index (χ1) is 5.91. The van der Waals surface area contributed by atoms with Crippen molar-refractivity contribution in [3.63, 3.8) is 0 Å². The Morgan fingerprint density at radius 3 is 2.50 bits per heavy atom. The van der Waals surface area contributed by atoms with E-state index in [9.17, 15) is 13.0 Å². The summed E-state index contributed by atoms with van der Waals surface area (Å²) in [4.78, 5) is 3.61. The third-order valence-electron chi connectivity index (χ3n) is 1.28. The van der Waals surface area contributed by atoms with E-state index in [4.69, 9.17) is 5.11 Å². The number of pyridine rings is 1. The number of halogens is 1. The molecule has 1 unspecified atom stereocenters. The van der Waals surface area contributed by atoms with Crippen molar-refractivity contribution in [1.82, 2.24) is 4.98 Å². The van der Waals surface area contributed by atoms with Crippen LogP contribution in [0.1, 0.15) is 11.0 Å². The molecule has 0 fully saturated rings. The van der Waals surface area contributed by atoms with Gasteiger partial charge in [0.2, 0.25) is 0 Å². The minimum atomic E-state index is -4.73. The Hall–Kier alpha value is 0.500. The molecule has 1 heterocycles. The third kappa shape index (κ3) is 3.93. The molecule has 0 amide bonds. The number of rotatable bonds is 2. The topological polar surface area (TPSA) is 90.3 Å². The summed E-state index contributed by atoms with van der Waals surface area (Å²) >= 11 is 3.03. The SMILES string of the molecule is O=S(=O)([O-])C(O)c1cncc(Br)c1.[Na+]. The van der Waals surface area contributed by atoms with Crippen LogP contribution in [0.2, 0.25) is 0 Å². The van der Waals surface area contributed by atoms with Gasteiger partial charge >= 0.3 is 29.6 Å². The maximum atomic E-state index is 10.4. The van der Waals surface area contributed by atoms with E-state index in [1.54, 1.807) is 0 Å². The molecule has 72 valence electrons. The normalized spacial score (nSPS) is 13.1. The monoisotopic (exact) mass is 289 g/mol. The quantitative estimate of drug-likeness (QED) is 0.476. The maximum absolute atomic E-state index is 10.4. The summed E-state index contributed by atoms with van der Waals surface area (Å²) < 4.78 is 31.7. The molecule has 0 bridgehead atoms. The van der Waals surface area contributed by atoms with E-state index in [0.717, 1.165) is 6.20 Å². The van der Waals surface area contributed by atoms with E-state index in [-0.39, 0.29) is 35.1 Å². The van der Waals surface area contributed by atoms with Crippen LogP contribution in [-0.2, 0) is 10.1 Å². The zero-order valence-electron chi connectivity index (χ0n) is 7.21. The standard InChI is InChI=1S/C6H6BrNO4S.Na/c7-5-1-4(2-8-3-5)6(9)13(10,11)12;/h1-3,6,9H,(H,10,11,12);/q;+1/p-1. The van der Waals surface area contributed by atoms with E-state index in [1.165, 1.54) is 12.3 Å². The third-order valence-corrected chi connectivity index (χ3v) is 2.54. The number of aliphatic hydroxyl groups excluding tert-OH is 1. The second-order valence-electron chi connectivity index (χ2n) is 2.28. The summed E-state index contributed by atoms with van der Waals surface area (Å²) in [7, 11) is -4.73. The van der Waals surface area contributed by atoms with E-state index in [0.29, 0.717) is 4.47 Å². The predicted molar refractivity (Wildman–Crippen MR) is 46.6 cm³/mol. The first kappa shape index (κ1) is 14.5. The number of aliphatic hydroxyl groups is 1. The number of aromatic nitrogens is 1. The Morgan fingerprint density at radius 2 is 2.07 bits per heavy atom. The minimum absolute atomic E-state index is 0. The molecule has 5 nitrogen and oxygen atoms in total. The minimum Gasteiger partial charge on any atom is -0.746 e.